The van der Waals surface area contributed by atoms with Gasteiger partial charge in [-0.3, -0.25) is 9.69 Å². The molecule has 4 rings (SSSR count). The average molecular weight is 433 g/mol. The molecule has 2 aliphatic rings. The Kier molecular flexibility index (Phi) is 5.79. The fourth-order valence-corrected chi connectivity index (χ4v) is 6.35. The summed E-state index contributed by atoms with van der Waals surface area (Å²) in [4.78, 5) is 16.5. The molecule has 2 aliphatic heterocycles. The lowest BCUT2D eigenvalue weighted by Gasteiger charge is -2.43. The molecule has 2 saturated heterocycles. The number of fused-ring (bicyclic) bond motifs is 1. The molecule has 0 radical (unpaired) electrons. The monoisotopic (exact) mass is 432 g/mol. The van der Waals surface area contributed by atoms with E-state index in [1.54, 1.807) is 47.4 Å². The predicted molar refractivity (Wildman–Crippen MR) is 113 cm³/mol. The number of amides is 1. The molecule has 0 bridgehead atoms. The Balaban J connectivity index is 1.56. The zero-order valence-electron chi connectivity index (χ0n) is 16.8. The van der Waals surface area contributed by atoms with E-state index < -0.39 is 15.9 Å². The molecule has 160 valence electrons. The van der Waals surface area contributed by atoms with Gasteiger partial charge in [0.15, 0.2) is 9.84 Å². The van der Waals surface area contributed by atoms with Gasteiger partial charge in [-0.2, -0.15) is 0 Å². The van der Waals surface area contributed by atoms with Crippen molar-refractivity contribution in [2.45, 2.75) is 25.4 Å². The molecule has 1 amide bonds. The maximum Gasteiger partial charge on any atom is 0.241 e. The second-order valence-corrected chi connectivity index (χ2v) is 9.87. The van der Waals surface area contributed by atoms with Gasteiger partial charge in [-0.05, 0) is 49.2 Å². The smallest absolute Gasteiger partial charge is 0.241 e. The van der Waals surface area contributed by atoms with Gasteiger partial charge < -0.3 is 9.64 Å². The molecule has 0 spiro atoms. The number of hydrogen-bond donors (Lipinski definition) is 0. The Bertz CT molecular complexity index is 1030. The van der Waals surface area contributed by atoms with Crippen LogP contribution in [-0.2, 0) is 21.1 Å². The van der Waals surface area contributed by atoms with Crippen LogP contribution in [-0.4, -0.2) is 62.5 Å². The molecule has 0 N–H and O–H groups in total. The molecule has 0 aliphatic carbocycles. The highest BCUT2D eigenvalue weighted by Crippen LogP contribution is 2.32. The van der Waals surface area contributed by atoms with Crippen molar-refractivity contribution in [1.29, 1.82) is 0 Å². The molecule has 6 nitrogen and oxygen atoms in total. The topological polar surface area (TPSA) is 66.9 Å². The fourth-order valence-electron chi connectivity index (χ4n) is 4.37. The molecule has 0 saturated carbocycles. The first kappa shape index (κ1) is 20.8. The van der Waals surface area contributed by atoms with E-state index in [1.807, 2.05) is 11.8 Å². The van der Waals surface area contributed by atoms with Crippen LogP contribution < -0.4 is 9.64 Å². The van der Waals surface area contributed by atoms with E-state index in [4.69, 9.17) is 4.74 Å². The quantitative estimate of drug-likeness (QED) is 0.701. The summed E-state index contributed by atoms with van der Waals surface area (Å²) in [5.74, 6) is 0.217. The molecule has 0 unspecified atom stereocenters. The number of nitrogens with zero attached hydrogens (tertiary/aromatic N) is 2. The Morgan fingerprint density at radius 2 is 1.77 bits per heavy atom. The summed E-state index contributed by atoms with van der Waals surface area (Å²) >= 11 is 0. The van der Waals surface area contributed by atoms with Gasteiger partial charge in [-0.15, -0.1) is 0 Å². The van der Waals surface area contributed by atoms with Crippen molar-refractivity contribution in [3.05, 3.63) is 59.9 Å². The highest BCUT2D eigenvalue weighted by atomic mass is 32.2. The largest absolute Gasteiger partial charge is 0.494 e. The summed E-state index contributed by atoms with van der Waals surface area (Å²) in [5, 5.41) is 0. The van der Waals surface area contributed by atoms with Crippen molar-refractivity contribution in [1.82, 2.24) is 4.90 Å². The van der Waals surface area contributed by atoms with Crippen LogP contribution in [0.4, 0.5) is 10.1 Å². The third-order valence-corrected chi connectivity index (χ3v) is 7.45. The number of ether oxygens (including phenoxy) is 1. The third-order valence-electron chi connectivity index (χ3n) is 5.75. The molecule has 8 heteroatoms. The minimum absolute atomic E-state index is 0.00967. The van der Waals surface area contributed by atoms with Crippen LogP contribution in [0.25, 0.3) is 0 Å². The standard InChI is InChI=1S/C22H25FN2O4S/c1-2-29-18-9-7-17(8-10-18)25-21-15-30(27,28)14-20(21)24(13-22(25)26)12-11-16-5-3-4-6-19(16)23/h3-10,20-21H,2,11-15H2,1H3/t20-,21+/m0/s1. The first-order valence-corrected chi connectivity index (χ1v) is 11.9. The van der Waals surface area contributed by atoms with Crippen molar-refractivity contribution < 1.29 is 22.3 Å². The molecule has 2 atom stereocenters. The minimum atomic E-state index is -3.27. The van der Waals surface area contributed by atoms with E-state index in [9.17, 15) is 17.6 Å². The van der Waals surface area contributed by atoms with Crippen LogP contribution in [0.3, 0.4) is 0 Å². The number of hydrogen-bond acceptors (Lipinski definition) is 5. The summed E-state index contributed by atoms with van der Waals surface area (Å²) < 4.78 is 44.3. The molecule has 0 aromatic heterocycles. The van der Waals surface area contributed by atoms with Crippen LogP contribution in [0.5, 0.6) is 5.75 Å². The maximum atomic E-state index is 14.0. The Labute approximate surface area is 176 Å². The number of halogens is 1. The van der Waals surface area contributed by atoms with Gasteiger partial charge in [-0.1, -0.05) is 18.2 Å². The molecule has 2 fully saturated rings. The van der Waals surface area contributed by atoms with Crippen molar-refractivity contribution in [2.24, 2.45) is 0 Å². The SMILES string of the molecule is CCOc1ccc(N2C(=O)CN(CCc3ccccc3F)[C@H]3CS(=O)(=O)C[C@H]32)cc1. The van der Waals surface area contributed by atoms with Gasteiger partial charge in [0.05, 0.1) is 30.7 Å². The fraction of sp³-hybridized carbons (Fsp3) is 0.409. The number of anilines is 1. The first-order valence-electron chi connectivity index (χ1n) is 10.1. The van der Waals surface area contributed by atoms with Crippen LogP contribution >= 0.6 is 0 Å². The lowest BCUT2D eigenvalue weighted by molar-refractivity contribution is -0.123. The summed E-state index contributed by atoms with van der Waals surface area (Å²) in [7, 11) is -3.27. The zero-order chi connectivity index (χ0) is 21.3. The second-order valence-electron chi connectivity index (χ2n) is 7.71. The highest BCUT2D eigenvalue weighted by molar-refractivity contribution is 7.91. The Morgan fingerprint density at radius 3 is 2.47 bits per heavy atom. The molecule has 2 heterocycles. The van der Waals surface area contributed by atoms with Crippen molar-refractivity contribution in [3.8, 4) is 5.75 Å². The van der Waals surface area contributed by atoms with Crippen molar-refractivity contribution in [2.75, 3.05) is 36.1 Å². The van der Waals surface area contributed by atoms with Gasteiger partial charge in [-0.25, -0.2) is 12.8 Å². The van der Waals surface area contributed by atoms with Crippen LogP contribution in [0.2, 0.25) is 0 Å². The van der Waals surface area contributed by atoms with E-state index >= 15 is 0 Å². The van der Waals surface area contributed by atoms with Crippen molar-refractivity contribution >= 4 is 21.4 Å². The second kappa shape index (κ2) is 8.35. The number of rotatable bonds is 6. The van der Waals surface area contributed by atoms with Crippen LogP contribution in [0.15, 0.2) is 48.5 Å². The number of carbonyl (C=O) groups excluding carboxylic acids is 1. The maximum absolute atomic E-state index is 14.0. The molecular formula is C22H25FN2O4S. The van der Waals surface area contributed by atoms with Gasteiger partial charge in [0.1, 0.15) is 11.6 Å². The number of benzene rings is 2. The van der Waals surface area contributed by atoms with Crippen molar-refractivity contribution in [3.63, 3.8) is 0 Å². The van der Waals surface area contributed by atoms with Crippen LogP contribution in [0, 0.1) is 5.82 Å². The molecule has 30 heavy (non-hydrogen) atoms. The van der Waals surface area contributed by atoms with Crippen LogP contribution in [0.1, 0.15) is 12.5 Å². The minimum Gasteiger partial charge on any atom is -0.494 e. The van der Waals surface area contributed by atoms with Gasteiger partial charge >= 0.3 is 0 Å². The zero-order valence-corrected chi connectivity index (χ0v) is 17.6. The highest BCUT2D eigenvalue weighted by Gasteiger charge is 2.49. The number of sulfone groups is 1. The molecule has 2 aromatic carbocycles. The van der Waals surface area contributed by atoms with Gasteiger partial charge in [0.25, 0.3) is 0 Å². The normalized spacial score (nSPS) is 23.4. The van der Waals surface area contributed by atoms with E-state index in [0.717, 1.165) is 0 Å². The van der Waals surface area contributed by atoms with Gasteiger partial charge in [0, 0.05) is 18.3 Å². The summed E-state index contributed by atoms with van der Waals surface area (Å²) in [5.41, 5.74) is 1.24. The first-order chi connectivity index (χ1) is 14.4. The molecular weight excluding hydrogens is 407 g/mol. The van der Waals surface area contributed by atoms with E-state index in [0.29, 0.717) is 36.6 Å². The van der Waals surface area contributed by atoms with E-state index in [-0.39, 0.29) is 35.8 Å². The van der Waals surface area contributed by atoms with Gasteiger partial charge in [0.2, 0.25) is 5.91 Å². The Morgan fingerprint density at radius 1 is 1.07 bits per heavy atom. The summed E-state index contributed by atoms with van der Waals surface area (Å²) in [6.07, 6.45) is 0.423. The summed E-state index contributed by atoms with van der Waals surface area (Å²) in [6, 6.07) is 12.9. The predicted octanol–water partition coefficient (Wildman–Crippen LogP) is 2.28. The number of carbonyl (C=O) groups is 1. The average Bonchev–Trinajstić information content (AvgIpc) is 3.03. The lowest BCUT2D eigenvalue weighted by atomic mass is 10.0. The summed E-state index contributed by atoms with van der Waals surface area (Å²) in [6.45, 7) is 2.98. The van der Waals surface area contributed by atoms with E-state index in [1.165, 1.54) is 6.07 Å². The number of piperazine rings is 1. The Hall–Kier alpha value is -2.45. The molecule has 2 aromatic rings. The lowest BCUT2D eigenvalue weighted by Crippen LogP contribution is -2.62. The van der Waals surface area contributed by atoms with E-state index in [2.05, 4.69) is 0 Å². The third kappa shape index (κ3) is 4.20.